The van der Waals surface area contributed by atoms with E-state index >= 15 is 0 Å². The number of fused-ring (bicyclic) bond motifs is 1. The Morgan fingerprint density at radius 1 is 0.667 bits per heavy atom. The van der Waals surface area contributed by atoms with Crippen LogP contribution < -0.4 is 0 Å². The van der Waals surface area contributed by atoms with Crippen molar-refractivity contribution in [3.8, 4) is 0 Å². The fourth-order valence-electron chi connectivity index (χ4n) is 4.13. The summed E-state index contributed by atoms with van der Waals surface area (Å²) in [5, 5.41) is 1.56. The van der Waals surface area contributed by atoms with Gasteiger partial charge in [0.25, 0.3) is 0 Å². The molecule has 2 atom stereocenters. The molecule has 2 saturated heterocycles. The van der Waals surface area contributed by atoms with Crippen molar-refractivity contribution in [3.05, 3.63) is 72.8 Å². The van der Waals surface area contributed by atoms with E-state index in [1.54, 1.807) is 30.3 Å². The number of benzene rings is 2. The molecule has 2 heterocycles. The van der Waals surface area contributed by atoms with Crippen molar-refractivity contribution in [1.29, 1.82) is 0 Å². The summed E-state index contributed by atoms with van der Waals surface area (Å²) in [6.45, 7) is 5.86. The molecule has 0 spiro atoms. The van der Waals surface area contributed by atoms with E-state index in [1.165, 1.54) is 47.0 Å². The zero-order valence-electron chi connectivity index (χ0n) is 25.7. The summed E-state index contributed by atoms with van der Waals surface area (Å²) in [7, 11) is 0. The van der Waals surface area contributed by atoms with E-state index in [9.17, 15) is 24.0 Å². The molecule has 16 heteroatoms. The highest BCUT2D eigenvalue weighted by molar-refractivity contribution is 8.21. The van der Waals surface area contributed by atoms with Crippen LogP contribution in [0.15, 0.2) is 61.7 Å². The second-order valence-electron chi connectivity index (χ2n) is 9.97. The Morgan fingerprint density at radius 3 is 1.73 bits per heavy atom. The van der Waals surface area contributed by atoms with Crippen LogP contribution >= 0.6 is 47.0 Å². The highest BCUT2D eigenvalue weighted by Crippen LogP contribution is 2.33. The number of carbonyl (C=O) groups excluding carboxylic acids is 5. The van der Waals surface area contributed by atoms with Gasteiger partial charge in [-0.25, -0.2) is 33.7 Å². The molecule has 2 fully saturated rings. The molecule has 2 aliphatic heterocycles. The Morgan fingerprint density at radius 2 is 1.17 bits per heavy atom. The number of rotatable bonds is 18. The molecule has 2 unspecified atom stereocenters. The van der Waals surface area contributed by atoms with Gasteiger partial charge in [0.1, 0.15) is 42.2 Å². The van der Waals surface area contributed by atoms with E-state index in [0.29, 0.717) is 0 Å². The minimum atomic E-state index is -1.00. The Hall–Kier alpha value is -3.15. The van der Waals surface area contributed by atoms with Gasteiger partial charge in [-0.2, -0.15) is 0 Å². The van der Waals surface area contributed by atoms with E-state index in [4.69, 9.17) is 33.5 Å². The number of hydrogen-bond acceptors (Lipinski definition) is 16. The SMILES string of the molecule is C=CC(=O)OC(COOCc1ccc2cc(C(=O)OCC(COC(=O)C3SCCS3)OC(=O)C=C)ccc2c1)COC(=O)C1SCCS1. The van der Waals surface area contributed by atoms with Gasteiger partial charge in [-0.15, -0.1) is 47.0 Å². The molecule has 258 valence electrons. The lowest BCUT2D eigenvalue weighted by Crippen LogP contribution is -2.31. The third-order valence-electron chi connectivity index (χ3n) is 6.45. The molecule has 0 amide bonds. The summed E-state index contributed by atoms with van der Waals surface area (Å²) in [5.41, 5.74) is 1.03. The van der Waals surface area contributed by atoms with E-state index in [2.05, 4.69) is 13.2 Å². The monoisotopic (exact) mass is 738 g/mol. The van der Waals surface area contributed by atoms with E-state index in [-0.39, 0.29) is 53.7 Å². The molecule has 2 aromatic rings. The zero-order valence-corrected chi connectivity index (χ0v) is 29.0. The molecule has 4 rings (SSSR count). The Kier molecular flexibility index (Phi) is 15.5. The molecule has 2 aromatic carbocycles. The quantitative estimate of drug-likeness (QED) is 0.0532. The highest BCUT2D eigenvalue weighted by atomic mass is 32.2. The van der Waals surface area contributed by atoms with Gasteiger partial charge in [0.15, 0.2) is 12.2 Å². The van der Waals surface area contributed by atoms with Crippen LogP contribution in [0.2, 0.25) is 0 Å². The van der Waals surface area contributed by atoms with Crippen molar-refractivity contribution in [2.24, 2.45) is 0 Å². The Balaban J connectivity index is 1.25. The first-order chi connectivity index (χ1) is 23.2. The van der Waals surface area contributed by atoms with Gasteiger partial charge in [-0.05, 0) is 34.5 Å². The summed E-state index contributed by atoms with van der Waals surface area (Å²) in [6, 6.07) is 10.4. The molecule has 0 aliphatic carbocycles. The fourth-order valence-corrected chi connectivity index (χ4v) is 9.27. The van der Waals surface area contributed by atoms with Crippen molar-refractivity contribution >= 4 is 87.7 Å². The van der Waals surface area contributed by atoms with Crippen LogP contribution in [0.25, 0.3) is 10.8 Å². The van der Waals surface area contributed by atoms with Gasteiger partial charge in [-0.1, -0.05) is 31.4 Å². The Bertz CT molecular complexity index is 1470. The van der Waals surface area contributed by atoms with Gasteiger partial charge in [0.2, 0.25) is 0 Å². The average molecular weight is 739 g/mol. The summed E-state index contributed by atoms with van der Waals surface area (Å²) in [4.78, 5) is 71.4. The first kappa shape index (κ1) is 37.7. The average Bonchev–Trinajstić information content (AvgIpc) is 3.85. The topological polar surface area (TPSA) is 150 Å². The van der Waals surface area contributed by atoms with Gasteiger partial charge in [-0.3, -0.25) is 0 Å². The molecular formula is C32H34O12S4. The van der Waals surface area contributed by atoms with Crippen molar-refractivity contribution in [2.45, 2.75) is 28.0 Å². The zero-order chi connectivity index (χ0) is 34.3. The summed E-state index contributed by atoms with van der Waals surface area (Å²) in [6.07, 6.45) is 0.0899. The van der Waals surface area contributed by atoms with Crippen molar-refractivity contribution in [3.63, 3.8) is 0 Å². The number of esters is 5. The molecule has 0 radical (unpaired) electrons. The molecule has 2 aliphatic rings. The minimum absolute atomic E-state index is 0.0600. The molecule has 0 saturated carbocycles. The van der Waals surface area contributed by atoms with E-state index < -0.39 is 36.1 Å². The summed E-state index contributed by atoms with van der Waals surface area (Å²) >= 11 is 5.98. The summed E-state index contributed by atoms with van der Waals surface area (Å²) < 4.78 is 25.8. The number of carbonyl (C=O) groups is 5. The van der Waals surface area contributed by atoms with Crippen molar-refractivity contribution in [2.75, 3.05) is 49.4 Å². The maximum atomic E-state index is 12.8. The number of hydrogen-bond donors (Lipinski definition) is 0. The van der Waals surface area contributed by atoms with Crippen LogP contribution in [0.1, 0.15) is 15.9 Å². The van der Waals surface area contributed by atoms with Gasteiger partial charge in [0, 0.05) is 35.2 Å². The molecule has 12 nitrogen and oxygen atoms in total. The molecule has 0 bridgehead atoms. The fraction of sp³-hybridized carbons (Fsp3) is 0.406. The molecular weight excluding hydrogens is 705 g/mol. The van der Waals surface area contributed by atoms with Gasteiger partial charge >= 0.3 is 29.8 Å². The minimum Gasteiger partial charge on any atom is -0.460 e. The van der Waals surface area contributed by atoms with Gasteiger partial charge in [0.05, 0.1) is 5.56 Å². The lowest BCUT2D eigenvalue weighted by molar-refractivity contribution is -0.315. The molecule has 0 aromatic heterocycles. The number of thioether (sulfide) groups is 4. The standard InChI is InChI=1S/C32H34O12S4/c1-3-26(33)43-24(17-39-29(36)31-45-9-10-46-31)16-38-28(35)23-8-7-21-13-20(5-6-22(21)14-23)15-41-42-19-25(44-27(34)4-2)18-40-30(37)32-47-11-12-48-32/h3-8,13-14,24-25,31-32H,1-2,9-12,15-19H2. The first-order valence-electron chi connectivity index (χ1n) is 14.7. The number of ether oxygens (including phenoxy) is 5. The van der Waals surface area contributed by atoms with E-state index in [0.717, 1.165) is 51.5 Å². The predicted octanol–water partition coefficient (Wildman–Crippen LogP) is 4.34. The maximum Gasteiger partial charge on any atom is 0.338 e. The lowest BCUT2D eigenvalue weighted by atomic mass is 10.0. The van der Waals surface area contributed by atoms with Crippen LogP contribution in [0.3, 0.4) is 0 Å². The molecule has 0 N–H and O–H groups in total. The van der Waals surface area contributed by atoms with Crippen LogP contribution in [0, 0.1) is 0 Å². The largest absolute Gasteiger partial charge is 0.460 e. The third kappa shape index (κ3) is 12.1. The second-order valence-corrected chi connectivity index (χ2v) is 15.4. The Labute approximate surface area is 294 Å². The van der Waals surface area contributed by atoms with Crippen LogP contribution in [-0.2, 0) is 59.2 Å². The highest BCUT2D eigenvalue weighted by Gasteiger charge is 2.28. The first-order valence-corrected chi connectivity index (χ1v) is 18.8. The maximum absolute atomic E-state index is 12.8. The van der Waals surface area contributed by atoms with Crippen LogP contribution in [-0.4, -0.2) is 101 Å². The summed E-state index contributed by atoms with van der Waals surface area (Å²) in [5.74, 6) is 0.569. The van der Waals surface area contributed by atoms with Crippen LogP contribution in [0.5, 0.6) is 0 Å². The molecule has 48 heavy (non-hydrogen) atoms. The normalized spacial score (nSPS) is 16.1. The second kappa shape index (κ2) is 19.7. The lowest BCUT2D eigenvalue weighted by Gasteiger charge is -2.18. The van der Waals surface area contributed by atoms with E-state index in [1.807, 2.05) is 6.07 Å². The van der Waals surface area contributed by atoms with Crippen LogP contribution in [0.4, 0.5) is 0 Å². The predicted molar refractivity (Wildman–Crippen MR) is 184 cm³/mol. The smallest absolute Gasteiger partial charge is 0.338 e. The van der Waals surface area contributed by atoms with Crippen molar-refractivity contribution in [1.82, 2.24) is 0 Å². The third-order valence-corrected chi connectivity index (χ3v) is 12.3. The van der Waals surface area contributed by atoms with Gasteiger partial charge < -0.3 is 23.7 Å². The van der Waals surface area contributed by atoms with Crippen molar-refractivity contribution < 1.29 is 57.4 Å².